The number of anilines is 1. The highest BCUT2D eigenvalue weighted by atomic mass is 35.5. The molecule has 39 heavy (non-hydrogen) atoms. The van der Waals surface area contributed by atoms with Gasteiger partial charge in [-0.05, 0) is 65.9 Å². The number of halogens is 5. The average Bonchev–Trinajstić information content (AvgIpc) is 3.32. The summed E-state index contributed by atoms with van der Waals surface area (Å²) < 4.78 is 40.4. The zero-order valence-corrected chi connectivity index (χ0v) is 23.4. The lowest BCUT2D eigenvalue weighted by Crippen LogP contribution is -2.15. The van der Waals surface area contributed by atoms with E-state index in [2.05, 4.69) is 15.5 Å². The Bertz CT molecular complexity index is 1640. The number of methoxy groups -OCH3 is 2. The van der Waals surface area contributed by atoms with Crippen LogP contribution in [-0.4, -0.2) is 34.8 Å². The second-order valence-corrected chi connectivity index (χ2v) is 10.3. The van der Waals surface area contributed by atoms with Crippen molar-refractivity contribution in [1.82, 2.24) is 14.9 Å². The molecule has 0 amide bonds. The van der Waals surface area contributed by atoms with Crippen LogP contribution < -0.4 is 14.8 Å². The Kier molecular flexibility index (Phi) is 7.99. The zero-order chi connectivity index (χ0) is 27.7. The minimum absolute atomic E-state index is 0.0107. The van der Waals surface area contributed by atoms with Gasteiger partial charge in [0, 0.05) is 16.2 Å². The Morgan fingerprint density at radius 1 is 0.897 bits per heavy atom. The topological polar surface area (TPSA) is 73.6 Å². The molecule has 1 aliphatic rings. The van der Waals surface area contributed by atoms with Gasteiger partial charge in [-0.2, -0.15) is 9.78 Å². The number of benzene rings is 3. The fourth-order valence-electron chi connectivity index (χ4n) is 3.74. The van der Waals surface area contributed by atoms with Crippen LogP contribution in [0.3, 0.4) is 0 Å². The fourth-order valence-corrected chi connectivity index (χ4v) is 5.34. The Labute approximate surface area is 241 Å². The lowest BCUT2D eigenvalue weighted by molar-refractivity contribution is 0.355. The largest absolute Gasteiger partial charge is 0.493 e. The maximum absolute atomic E-state index is 14.6. The number of aromatic nitrogens is 3. The first-order valence-electron chi connectivity index (χ1n) is 11.3. The smallest absolute Gasteiger partial charge is 0.217 e. The predicted octanol–water partition coefficient (Wildman–Crippen LogP) is 7.55. The Morgan fingerprint density at radius 2 is 1.67 bits per heavy atom. The summed E-state index contributed by atoms with van der Waals surface area (Å²) in [7, 11) is 3.10. The minimum atomic E-state index is -0.640. The number of thioether (sulfide) groups is 1. The summed E-state index contributed by atoms with van der Waals surface area (Å²) in [5, 5.41) is 17.0. The molecule has 0 radical (unpaired) electrons. The van der Waals surface area contributed by atoms with Crippen LogP contribution in [0.2, 0.25) is 15.1 Å². The molecule has 7 nitrogen and oxygen atoms in total. The highest BCUT2D eigenvalue weighted by Gasteiger charge is 2.26. The fraction of sp³-hybridized carbons (Fsp3) is 0.115. The van der Waals surface area contributed by atoms with E-state index in [-0.39, 0.29) is 21.6 Å². The van der Waals surface area contributed by atoms with Crippen LogP contribution in [0.1, 0.15) is 17.0 Å². The van der Waals surface area contributed by atoms with Crippen molar-refractivity contribution in [3.05, 3.63) is 97.1 Å². The first kappa shape index (κ1) is 27.3. The molecule has 3 aromatic carbocycles. The molecular formula is C26H18Cl3F2N5O2S. The van der Waals surface area contributed by atoms with Crippen molar-refractivity contribution in [2.24, 2.45) is 5.10 Å². The number of nitrogens with zero attached hydrogens (tertiary/aromatic N) is 4. The quantitative estimate of drug-likeness (QED) is 0.219. The third-order valence-electron chi connectivity index (χ3n) is 5.65. The number of ether oxygens (including phenoxy) is 2. The molecule has 1 N–H and O–H groups in total. The van der Waals surface area contributed by atoms with Gasteiger partial charge in [-0.1, -0.05) is 40.9 Å². The summed E-state index contributed by atoms with van der Waals surface area (Å²) in [6.07, 6.45) is 1.85. The van der Waals surface area contributed by atoms with Gasteiger partial charge in [0.1, 0.15) is 17.3 Å². The monoisotopic (exact) mass is 607 g/mol. The van der Waals surface area contributed by atoms with Crippen LogP contribution in [0.25, 0.3) is 6.08 Å². The summed E-state index contributed by atoms with van der Waals surface area (Å²) in [6.45, 7) is 0.198. The molecule has 0 fully saturated rings. The molecule has 4 aromatic rings. The lowest BCUT2D eigenvalue weighted by Gasteiger charge is -2.19. The molecule has 200 valence electrons. The van der Waals surface area contributed by atoms with E-state index in [1.807, 2.05) is 12.1 Å². The van der Waals surface area contributed by atoms with Crippen LogP contribution in [-0.2, 0) is 6.54 Å². The van der Waals surface area contributed by atoms with E-state index in [4.69, 9.17) is 49.4 Å². The number of allylic oxidation sites excluding steroid dienone is 1. The molecule has 0 saturated heterocycles. The van der Waals surface area contributed by atoms with E-state index in [0.717, 1.165) is 5.56 Å². The average molecular weight is 609 g/mol. The number of nitrogens with one attached hydrogen (secondary N) is 1. The van der Waals surface area contributed by atoms with Crippen molar-refractivity contribution in [1.29, 1.82) is 0 Å². The molecule has 0 atom stereocenters. The molecule has 0 aliphatic carbocycles. The maximum atomic E-state index is 14.6. The second kappa shape index (κ2) is 11.4. The minimum Gasteiger partial charge on any atom is -0.493 e. The van der Waals surface area contributed by atoms with Gasteiger partial charge in [-0.3, -0.25) is 0 Å². The van der Waals surface area contributed by atoms with Crippen molar-refractivity contribution >= 4 is 64.0 Å². The van der Waals surface area contributed by atoms with E-state index in [1.165, 1.54) is 40.7 Å². The van der Waals surface area contributed by atoms with Crippen LogP contribution in [0.4, 0.5) is 14.5 Å². The Balaban J connectivity index is 1.57. The number of rotatable bonds is 7. The predicted molar refractivity (Wildman–Crippen MR) is 150 cm³/mol. The van der Waals surface area contributed by atoms with E-state index >= 15 is 0 Å². The number of fused-ring (bicyclic) bond motifs is 1. The van der Waals surface area contributed by atoms with Gasteiger partial charge < -0.3 is 14.8 Å². The highest BCUT2D eigenvalue weighted by Crippen LogP contribution is 2.38. The van der Waals surface area contributed by atoms with E-state index < -0.39 is 11.6 Å². The number of hydrogen-bond acceptors (Lipinski definition) is 7. The van der Waals surface area contributed by atoms with Crippen molar-refractivity contribution in [3.8, 4) is 11.5 Å². The molecule has 5 rings (SSSR count). The molecule has 1 aromatic heterocycles. The van der Waals surface area contributed by atoms with Gasteiger partial charge >= 0.3 is 0 Å². The summed E-state index contributed by atoms with van der Waals surface area (Å²) in [6, 6.07) is 12.3. The zero-order valence-electron chi connectivity index (χ0n) is 20.3. The third-order valence-corrected chi connectivity index (χ3v) is 7.51. The molecule has 0 bridgehead atoms. The van der Waals surface area contributed by atoms with Crippen LogP contribution in [0.5, 0.6) is 11.5 Å². The molecule has 13 heteroatoms. The maximum Gasteiger partial charge on any atom is 0.217 e. The molecular weight excluding hydrogens is 591 g/mol. The SMILES string of the molecule is COc1ccc(/C=C2\Sc3nnc(CNc4ccc(F)c(Cl)c4)n3N=C2c2cc(F)c(Cl)cc2Cl)cc1OC. The normalized spacial score (nSPS) is 13.7. The van der Waals surface area contributed by atoms with Crippen LogP contribution >= 0.6 is 46.6 Å². The summed E-state index contributed by atoms with van der Waals surface area (Å²) in [5.41, 5.74) is 2.08. The van der Waals surface area contributed by atoms with Crippen LogP contribution in [0.15, 0.2) is 63.7 Å². The van der Waals surface area contributed by atoms with Gasteiger partial charge in [0.15, 0.2) is 17.3 Å². The van der Waals surface area contributed by atoms with E-state index in [1.54, 1.807) is 32.4 Å². The molecule has 1 aliphatic heterocycles. The van der Waals surface area contributed by atoms with E-state index in [0.29, 0.717) is 44.3 Å². The first-order valence-corrected chi connectivity index (χ1v) is 13.2. The van der Waals surface area contributed by atoms with Gasteiger partial charge in [0.05, 0.1) is 35.8 Å². The lowest BCUT2D eigenvalue weighted by atomic mass is 10.1. The summed E-state index contributed by atoms with van der Waals surface area (Å²) in [4.78, 5) is 0.635. The van der Waals surface area contributed by atoms with Crippen LogP contribution in [0, 0.1) is 11.6 Å². The standard InChI is InChI=1S/C26H18Cl3F2N5O2S/c1-37-21-6-3-13(7-22(21)38-2)8-23-25(15-10-20(31)18(29)11-16(15)27)35-36-24(33-34-26(36)39-23)12-32-14-4-5-19(30)17(28)9-14/h3-11,32H,12H2,1-2H3/b23-8-. The van der Waals surface area contributed by atoms with Crippen molar-refractivity contribution < 1.29 is 18.3 Å². The Hall–Kier alpha value is -3.31. The first-order chi connectivity index (χ1) is 18.8. The number of hydrogen-bond donors (Lipinski definition) is 1. The molecule has 0 spiro atoms. The third kappa shape index (κ3) is 5.69. The Morgan fingerprint density at radius 3 is 2.41 bits per heavy atom. The summed E-state index contributed by atoms with van der Waals surface area (Å²) >= 11 is 19.6. The van der Waals surface area contributed by atoms with Gasteiger partial charge in [-0.15, -0.1) is 10.2 Å². The van der Waals surface area contributed by atoms with Crippen molar-refractivity contribution in [2.75, 3.05) is 19.5 Å². The highest BCUT2D eigenvalue weighted by molar-refractivity contribution is 8.04. The molecule has 0 unspecified atom stereocenters. The summed E-state index contributed by atoms with van der Waals surface area (Å²) in [5.74, 6) is 0.407. The van der Waals surface area contributed by atoms with Crippen molar-refractivity contribution in [3.63, 3.8) is 0 Å². The van der Waals surface area contributed by atoms with Crippen molar-refractivity contribution in [2.45, 2.75) is 11.7 Å². The van der Waals surface area contributed by atoms with Gasteiger partial charge in [0.2, 0.25) is 5.16 Å². The van der Waals surface area contributed by atoms with Gasteiger partial charge in [-0.25, -0.2) is 8.78 Å². The van der Waals surface area contributed by atoms with Gasteiger partial charge in [0.25, 0.3) is 0 Å². The molecule has 0 saturated carbocycles. The molecule has 2 heterocycles. The second-order valence-electron chi connectivity index (χ2n) is 8.11. The van der Waals surface area contributed by atoms with E-state index in [9.17, 15) is 8.78 Å².